The van der Waals surface area contributed by atoms with Crippen molar-refractivity contribution in [2.45, 2.75) is 11.5 Å². The van der Waals surface area contributed by atoms with Crippen LogP contribution in [0.3, 0.4) is 0 Å². The first-order chi connectivity index (χ1) is 10.4. The Balaban J connectivity index is 2.16. The average molecular weight is 320 g/mol. The lowest BCUT2D eigenvalue weighted by Crippen LogP contribution is -2.02. The van der Waals surface area contributed by atoms with Crippen molar-refractivity contribution in [2.24, 2.45) is 0 Å². The lowest BCUT2D eigenvalue weighted by Gasteiger charge is -2.10. The van der Waals surface area contributed by atoms with Crippen LogP contribution >= 0.6 is 0 Å². The van der Waals surface area contributed by atoms with Gasteiger partial charge >= 0.3 is 0 Å². The van der Waals surface area contributed by atoms with Crippen LogP contribution in [0.25, 0.3) is 0 Å². The third-order valence-electron chi connectivity index (χ3n) is 3.09. The Morgan fingerprint density at radius 2 is 1.77 bits per heavy atom. The molecule has 0 atom stereocenters. The second kappa shape index (κ2) is 6.62. The van der Waals surface area contributed by atoms with Gasteiger partial charge in [0.15, 0.2) is 16.1 Å². The second-order valence-electron chi connectivity index (χ2n) is 4.73. The molecule has 116 valence electrons. The fraction of sp³-hybridized carbons (Fsp3) is 0.188. The van der Waals surface area contributed by atoms with Crippen LogP contribution < -0.4 is 9.47 Å². The first-order valence-corrected chi connectivity index (χ1v) is 8.38. The van der Waals surface area contributed by atoms with Gasteiger partial charge in [-0.3, -0.25) is 4.79 Å². The standard InChI is InChI=1S/C16H16O5S/c1-20-14-5-3-12(4-6-14)11-21-16-8-7-15(22(2,18)19)9-13(16)10-17/h3-10H,11H2,1-2H3. The largest absolute Gasteiger partial charge is 0.497 e. The first-order valence-electron chi connectivity index (χ1n) is 6.49. The number of hydrogen-bond acceptors (Lipinski definition) is 5. The predicted octanol–water partition coefficient (Wildman–Crippen LogP) is 2.49. The molecule has 0 aliphatic rings. The molecule has 0 aliphatic heterocycles. The zero-order valence-corrected chi connectivity index (χ0v) is 13.1. The molecule has 0 unspecified atom stereocenters. The van der Waals surface area contributed by atoms with E-state index < -0.39 is 9.84 Å². The highest BCUT2D eigenvalue weighted by atomic mass is 32.2. The first kappa shape index (κ1) is 16.0. The molecule has 0 amide bonds. The lowest BCUT2D eigenvalue weighted by atomic mass is 10.2. The van der Waals surface area contributed by atoms with E-state index in [0.29, 0.717) is 12.0 Å². The highest BCUT2D eigenvalue weighted by Gasteiger charge is 2.11. The summed E-state index contributed by atoms with van der Waals surface area (Å²) < 4.78 is 33.6. The summed E-state index contributed by atoms with van der Waals surface area (Å²) in [6.07, 6.45) is 1.67. The van der Waals surface area contributed by atoms with Crippen LogP contribution in [0.2, 0.25) is 0 Å². The molecule has 0 aromatic heterocycles. The van der Waals surface area contributed by atoms with Crippen molar-refractivity contribution in [3.63, 3.8) is 0 Å². The number of benzene rings is 2. The number of carbonyl (C=O) groups is 1. The van der Waals surface area contributed by atoms with Gasteiger partial charge in [-0.2, -0.15) is 0 Å². The zero-order valence-electron chi connectivity index (χ0n) is 12.3. The van der Waals surface area contributed by atoms with Gasteiger partial charge in [-0.25, -0.2) is 8.42 Å². The van der Waals surface area contributed by atoms with Crippen molar-refractivity contribution < 1.29 is 22.7 Å². The molecular weight excluding hydrogens is 304 g/mol. The van der Waals surface area contributed by atoms with Crippen LogP contribution in [-0.2, 0) is 16.4 Å². The lowest BCUT2D eigenvalue weighted by molar-refractivity contribution is 0.111. The molecule has 22 heavy (non-hydrogen) atoms. The van der Waals surface area contributed by atoms with E-state index in [1.807, 2.05) is 24.3 Å². The maximum atomic E-state index is 11.5. The van der Waals surface area contributed by atoms with E-state index in [2.05, 4.69) is 0 Å². The van der Waals surface area contributed by atoms with Crippen LogP contribution in [0.15, 0.2) is 47.4 Å². The molecular formula is C16H16O5S. The Bertz CT molecular complexity index is 764. The molecule has 0 N–H and O–H groups in total. The average Bonchev–Trinajstić information content (AvgIpc) is 2.52. The van der Waals surface area contributed by atoms with Crippen molar-refractivity contribution in [1.82, 2.24) is 0 Å². The SMILES string of the molecule is COc1ccc(COc2ccc(S(C)(=O)=O)cc2C=O)cc1. The molecule has 5 nitrogen and oxygen atoms in total. The zero-order chi connectivity index (χ0) is 16.2. The van der Waals surface area contributed by atoms with Crippen LogP contribution in [0.5, 0.6) is 11.5 Å². The van der Waals surface area contributed by atoms with E-state index in [0.717, 1.165) is 17.6 Å². The molecule has 0 bridgehead atoms. The highest BCUT2D eigenvalue weighted by molar-refractivity contribution is 7.90. The molecule has 0 spiro atoms. The van der Waals surface area contributed by atoms with E-state index in [1.54, 1.807) is 7.11 Å². The monoisotopic (exact) mass is 320 g/mol. The molecule has 2 aromatic rings. The molecule has 2 rings (SSSR count). The Morgan fingerprint density at radius 1 is 1.09 bits per heavy atom. The van der Waals surface area contributed by atoms with Gasteiger partial charge in [-0.15, -0.1) is 0 Å². The topological polar surface area (TPSA) is 69.7 Å². The number of sulfone groups is 1. The number of methoxy groups -OCH3 is 1. The van der Waals surface area contributed by atoms with Crippen LogP contribution in [0, 0.1) is 0 Å². The summed E-state index contributed by atoms with van der Waals surface area (Å²) in [5.41, 5.74) is 1.11. The van der Waals surface area contributed by atoms with Crippen molar-refractivity contribution >= 4 is 16.1 Å². The van der Waals surface area contributed by atoms with Gasteiger partial charge in [0.05, 0.1) is 17.6 Å². The third kappa shape index (κ3) is 3.85. The minimum atomic E-state index is -3.36. The molecule has 0 aliphatic carbocycles. The number of carbonyl (C=O) groups excluding carboxylic acids is 1. The molecule has 2 aromatic carbocycles. The van der Waals surface area contributed by atoms with Crippen LogP contribution in [-0.4, -0.2) is 28.1 Å². The van der Waals surface area contributed by atoms with Gasteiger partial charge in [-0.05, 0) is 35.9 Å². The summed E-state index contributed by atoms with van der Waals surface area (Å²) in [4.78, 5) is 11.2. The summed E-state index contributed by atoms with van der Waals surface area (Å²) in [5, 5.41) is 0. The Kier molecular flexibility index (Phi) is 4.82. The maximum Gasteiger partial charge on any atom is 0.175 e. The van der Waals surface area contributed by atoms with E-state index in [4.69, 9.17) is 9.47 Å². The van der Waals surface area contributed by atoms with Gasteiger partial charge in [0.1, 0.15) is 18.1 Å². The second-order valence-corrected chi connectivity index (χ2v) is 6.74. The quantitative estimate of drug-likeness (QED) is 0.765. The number of hydrogen-bond donors (Lipinski definition) is 0. The number of aldehydes is 1. The molecule has 0 saturated heterocycles. The van der Waals surface area contributed by atoms with E-state index in [-0.39, 0.29) is 17.1 Å². The van der Waals surface area contributed by atoms with Crippen LogP contribution in [0.1, 0.15) is 15.9 Å². The van der Waals surface area contributed by atoms with Gasteiger partial charge in [-0.1, -0.05) is 12.1 Å². The summed E-state index contributed by atoms with van der Waals surface area (Å²) >= 11 is 0. The van der Waals surface area contributed by atoms with Crippen molar-refractivity contribution in [1.29, 1.82) is 0 Å². The Hall–Kier alpha value is -2.34. The van der Waals surface area contributed by atoms with Crippen LogP contribution in [0.4, 0.5) is 0 Å². The van der Waals surface area contributed by atoms with E-state index >= 15 is 0 Å². The smallest absolute Gasteiger partial charge is 0.175 e. The number of ether oxygens (including phenoxy) is 2. The molecule has 0 heterocycles. The third-order valence-corrected chi connectivity index (χ3v) is 4.20. The molecule has 0 fully saturated rings. The van der Waals surface area contributed by atoms with E-state index in [1.165, 1.54) is 18.2 Å². The fourth-order valence-electron chi connectivity index (χ4n) is 1.86. The minimum absolute atomic E-state index is 0.0893. The predicted molar refractivity (Wildman–Crippen MR) is 82.3 cm³/mol. The summed E-state index contributed by atoms with van der Waals surface area (Å²) in [6.45, 7) is 0.267. The van der Waals surface area contributed by atoms with Gasteiger partial charge in [0.2, 0.25) is 0 Å². The van der Waals surface area contributed by atoms with Crippen molar-refractivity contribution in [3.8, 4) is 11.5 Å². The van der Waals surface area contributed by atoms with E-state index in [9.17, 15) is 13.2 Å². The van der Waals surface area contributed by atoms with Crippen molar-refractivity contribution in [3.05, 3.63) is 53.6 Å². The maximum absolute atomic E-state index is 11.5. The molecule has 6 heteroatoms. The van der Waals surface area contributed by atoms with Crippen molar-refractivity contribution in [2.75, 3.05) is 13.4 Å². The summed E-state index contributed by atoms with van der Waals surface area (Å²) in [7, 11) is -1.77. The fourth-order valence-corrected chi connectivity index (χ4v) is 2.52. The normalized spacial score (nSPS) is 11.0. The summed E-state index contributed by atoms with van der Waals surface area (Å²) in [5.74, 6) is 1.09. The highest BCUT2D eigenvalue weighted by Crippen LogP contribution is 2.22. The van der Waals surface area contributed by atoms with Gasteiger partial charge in [0.25, 0.3) is 0 Å². The molecule has 0 saturated carbocycles. The molecule has 0 radical (unpaired) electrons. The Morgan fingerprint density at radius 3 is 2.32 bits per heavy atom. The van der Waals surface area contributed by atoms with Gasteiger partial charge < -0.3 is 9.47 Å². The van der Waals surface area contributed by atoms with Gasteiger partial charge in [0, 0.05) is 6.26 Å². The number of rotatable bonds is 6. The summed E-state index contributed by atoms with van der Waals surface area (Å²) in [6, 6.07) is 11.5. The Labute approximate surface area is 129 Å². The minimum Gasteiger partial charge on any atom is -0.497 e.